The van der Waals surface area contributed by atoms with Gasteiger partial charge in [-0.15, -0.1) is 0 Å². The lowest BCUT2D eigenvalue weighted by atomic mass is 9.96. The third kappa shape index (κ3) is 4.32. The van der Waals surface area contributed by atoms with Gasteiger partial charge in [-0.2, -0.15) is 0 Å². The smallest absolute Gasteiger partial charge is 0.255 e. The Balaban J connectivity index is 2.15. The molecule has 2 rings (SSSR count). The number of carbonyl (C=O) groups excluding carboxylic acids is 1. The third-order valence-electron chi connectivity index (χ3n) is 4.61. The molecule has 2 aromatic rings. The van der Waals surface area contributed by atoms with Crippen molar-refractivity contribution < 1.29 is 14.3 Å². The van der Waals surface area contributed by atoms with Crippen LogP contribution >= 0.6 is 0 Å². The molecule has 2 atom stereocenters. The van der Waals surface area contributed by atoms with Crippen molar-refractivity contribution in [1.82, 2.24) is 5.32 Å². The van der Waals surface area contributed by atoms with E-state index in [4.69, 9.17) is 9.47 Å². The van der Waals surface area contributed by atoms with E-state index >= 15 is 0 Å². The molecule has 0 bridgehead atoms. The Morgan fingerprint density at radius 2 is 1.64 bits per heavy atom. The first-order valence-corrected chi connectivity index (χ1v) is 8.63. The first-order chi connectivity index (χ1) is 12.0. The molecule has 1 N–H and O–H groups in total. The van der Waals surface area contributed by atoms with Crippen LogP contribution in [0.25, 0.3) is 0 Å². The van der Waals surface area contributed by atoms with Crippen molar-refractivity contribution >= 4 is 5.91 Å². The molecule has 0 aliphatic carbocycles. The molecule has 2 aromatic carbocycles. The third-order valence-corrected chi connectivity index (χ3v) is 4.61. The van der Waals surface area contributed by atoms with Crippen LogP contribution in [-0.2, 0) is 0 Å². The van der Waals surface area contributed by atoms with Crippen LogP contribution in [0.2, 0.25) is 0 Å². The molecule has 4 heteroatoms. The van der Waals surface area contributed by atoms with E-state index < -0.39 is 0 Å². The van der Waals surface area contributed by atoms with Crippen LogP contribution in [0.15, 0.2) is 42.5 Å². The van der Waals surface area contributed by atoms with Crippen LogP contribution in [0.1, 0.15) is 60.6 Å². The Hall–Kier alpha value is -2.49. The lowest BCUT2D eigenvalue weighted by molar-refractivity contribution is 0.0936. The monoisotopic (exact) mass is 341 g/mol. The van der Waals surface area contributed by atoms with Crippen molar-refractivity contribution in [3.05, 3.63) is 59.2 Å². The lowest BCUT2D eigenvalue weighted by Gasteiger charge is -2.18. The molecule has 0 aliphatic rings. The SMILES string of the molecule is CCC(C)c1ccc(C(C)NC(=O)c2cccc(OC)c2OC)cc1. The number of hydrogen-bond acceptors (Lipinski definition) is 3. The molecule has 0 heterocycles. The van der Waals surface area contributed by atoms with E-state index in [2.05, 4.69) is 43.4 Å². The average molecular weight is 341 g/mol. The number of rotatable bonds is 7. The van der Waals surface area contributed by atoms with Gasteiger partial charge in [0.15, 0.2) is 11.5 Å². The Morgan fingerprint density at radius 3 is 2.20 bits per heavy atom. The Morgan fingerprint density at radius 1 is 1.00 bits per heavy atom. The Bertz CT molecular complexity index is 710. The van der Waals surface area contributed by atoms with Crippen LogP contribution in [0.3, 0.4) is 0 Å². The number of amides is 1. The summed E-state index contributed by atoms with van der Waals surface area (Å²) in [5, 5.41) is 3.03. The van der Waals surface area contributed by atoms with Crippen molar-refractivity contribution in [2.75, 3.05) is 14.2 Å². The van der Waals surface area contributed by atoms with Crippen LogP contribution in [0.4, 0.5) is 0 Å². The summed E-state index contributed by atoms with van der Waals surface area (Å²) in [4.78, 5) is 12.7. The van der Waals surface area contributed by atoms with Gasteiger partial charge in [-0.1, -0.05) is 44.2 Å². The Kier molecular flexibility index (Phi) is 6.45. The summed E-state index contributed by atoms with van der Waals surface area (Å²) < 4.78 is 10.6. The van der Waals surface area contributed by atoms with E-state index in [-0.39, 0.29) is 11.9 Å². The van der Waals surface area contributed by atoms with E-state index in [0.29, 0.717) is 23.0 Å². The standard InChI is InChI=1S/C21H27NO3/c1-6-14(2)16-10-12-17(13-11-16)15(3)22-21(23)18-8-7-9-19(24-4)20(18)25-5/h7-15H,6H2,1-5H3,(H,22,23). The van der Waals surface area contributed by atoms with Gasteiger partial charge in [0, 0.05) is 0 Å². The van der Waals surface area contributed by atoms with E-state index in [1.807, 2.05) is 6.92 Å². The van der Waals surface area contributed by atoms with Crippen LogP contribution in [-0.4, -0.2) is 20.1 Å². The zero-order chi connectivity index (χ0) is 18.4. The summed E-state index contributed by atoms with van der Waals surface area (Å²) in [5.41, 5.74) is 2.85. The minimum absolute atomic E-state index is 0.102. The average Bonchev–Trinajstić information content (AvgIpc) is 2.66. The fraction of sp³-hybridized carbons (Fsp3) is 0.381. The summed E-state index contributed by atoms with van der Waals surface area (Å²) in [5.74, 6) is 1.34. The van der Waals surface area contributed by atoms with Gasteiger partial charge in [0.1, 0.15) is 0 Å². The van der Waals surface area contributed by atoms with Crippen molar-refractivity contribution in [1.29, 1.82) is 0 Å². The largest absolute Gasteiger partial charge is 0.493 e. The second kappa shape index (κ2) is 8.56. The molecule has 0 aliphatic heterocycles. The van der Waals surface area contributed by atoms with E-state index in [9.17, 15) is 4.79 Å². The van der Waals surface area contributed by atoms with Gasteiger partial charge in [-0.3, -0.25) is 4.79 Å². The van der Waals surface area contributed by atoms with E-state index in [1.165, 1.54) is 12.7 Å². The second-order valence-electron chi connectivity index (χ2n) is 6.21. The van der Waals surface area contributed by atoms with Crippen molar-refractivity contribution in [3.8, 4) is 11.5 Å². The van der Waals surface area contributed by atoms with Gasteiger partial charge in [-0.25, -0.2) is 0 Å². The fourth-order valence-corrected chi connectivity index (χ4v) is 2.77. The molecule has 25 heavy (non-hydrogen) atoms. The maximum absolute atomic E-state index is 12.7. The summed E-state index contributed by atoms with van der Waals surface area (Å²) in [6.07, 6.45) is 1.11. The molecule has 0 aromatic heterocycles. The van der Waals surface area contributed by atoms with Crippen molar-refractivity contribution in [2.45, 2.75) is 39.2 Å². The van der Waals surface area contributed by atoms with Crippen LogP contribution < -0.4 is 14.8 Å². The molecular formula is C21H27NO3. The molecule has 0 saturated carbocycles. The van der Waals surface area contributed by atoms with Crippen molar-refractivity contribution in [3.63, 3.8) is 0 Å². The summed E-state index contributed by atoms with van der Waals surface area (Å²) >= 11 is 0. The number of nitrogens with one attached hydrogen (secondary N) is 1. The van der Waals surface area contributed by atoms with Crippen LogP contribution in [0, 0.1) is 0 Å². The summed E-state index contributed by atoms with van der Waals surface area (Å²) in [6.45, 7) is 6.38. The summed E-state index contributed by atoms with van der Waals surface area (Å²) in [7, 11) is 3.09. The molecule has 0 fully saturated rings. The van der Waals surface area contributed by atoms with Gasteiger partial charge in [-0.05, 0) is 42.5 Å². The second-order valence-corrected chi connectivity index (χ2v) is 6.21. The van der Waals surface area contributed by atoms with Gasteiger partial charge in [0.05, 0.1) is 25.8 Å². The number of ether oxygens (including phenoxy) is 2. The summed E-state index contributed by atoms with van der Waals surface area (Å²) in [6, 6.07) is 13.6. The maximum atomic E-state index is 12.7. The molecule has 134 valence electrons. The van der Waals surface area contributed by atoms with Gasteiger partial charge >= 0.3 is 0 Å². The van der Waals surface area contributed by atoms with E-state index in [1.54, 1.807) is 25.3 Å². The van der Waals surface area contributed by atoms with Gasteiger partial charge in [0.25, 0.3) is 5.91 Å². The normalized spacial score (nSPS) is 13.0. The first-order valence-electron chi connectivity index (χ1n) is 8.63. The topological polar surface area (TPSA) is 47.6 Å². The van der Waals surface area contributed by atoms with Crippen molar-refractivity contribution in [2.24, 2.45) is 0 Å². The zero-order valence-electron chi connectivity index (χ0n) is 15.6. The highest BCUT2D eigenvalue weighted by Crippen LogP contribution is 2.31. The highest BCUT2D eigenvalue weighted by molar-refractivity contribution is 5.98. The zero-order valence-corrected chi connectivity index (χ0v) is 15.6. The molecule has 4 nitrogen and oxygen atoms in total. The predicted molar refractivity (Wildman–Crippen MR) is 101 cm³/mol. The predicted octanol–water partition coefficient (Wildman–Crippen LogP) is 4.71. The lowest BCUT2D eigenvalue weighted by Crippen LogP contribution is -2.27. The highest BCUT2D eigenvalue weighted by atomic mass is 16.5. The molecule has 0 saturated heterocycles. The van der Waals surface area contributed by atoms with Crippen LogP contribution in [0.5, 0.6) is 11.5 Å². The first kappa shape index (κ1) is 18.8. The Labute approximate surface area is 150 Å². The molecular weight excluding hydrogens is 314 g/mol. The number of methoxy groups -OCH3 is 2. The molecule has 2 unspecified atom stereocenters. The maximum Gasteiger partial charge on any atom is 0.255 e. The quantitative estimate of drug-likeness (QED) is 0.793. The molecule has 0 spiro atoms. The van der Waals surface area contributed by atoms with E-state index in [0.717, 1.165) is 12.0 Å². The van der Waals surface area contributed by atoms with Gasteiger partial charge < -0.3 is 14.8 Å². The van der Waals surface area contributed by atoms with Gasteiger partial charge in [0.2, 0.25) is 0 Å². The number of carbonyl (C=O) groups is 1. The molecule has 1 amide bonds. The minimum atomic E-state index is -0.186. The minimum Gasteiger partial charge on any atom is -0.493 e. The number of benzene rings is 2. The molecule has 0 radical (unpaired) electrons. The fourth-order valence-electron chi connectivity index (χ4n) is 2.77. The number of para-hydroxylation sites is 1. The highest BCUT2D eigenvalue weighted by Gasteiger charge is 2.18. The number of hydrogen-bond donors (Lipinski definition) is 1.